The Morgan fingerprint density at radius 2 is 1.85 bits per heavy atom. The van der Waals surface area contributed by atoms with Gasteiger partial charge < -0.3 is 5.32 Å². The third-order valence-corrected chi connectivity index (χ3v) is 5.28. The van der Waals surface area contributed by atoms with E-state index in [-0.39, 0.29) is 23.4 Å². The average molecular weight is 496 g/mol. The van der Waals surface area contributed by atoms with E-state index in [1.165, 1.54) is 0 Å². The summed E-state index contributed by atoms with van der Waals surface area (Å²) >= 11 is 5.86. The molecule has 1 aliphatic rings. The molecule has 0 saturated heterocycles. The van der Waals surface area contributed by atoms with Crippen molar-refractivity contribution in [3.63, 3.8) is 0 Å². The predicted molar refractivity (Wildman–Crippen MR) is 100 cm³/mol. The quantitative estimate of drug-likeness (QED) is 0.301. The molecule has 0 aliphatic heterocycles. The van der Waals surface area contributed by atoms with E-state index in [0.717, 1.165) is 21.8 Å². The van der Waals surface area contributed by atoms with E-state index >= 15 is 0 Å². The number of alkyl halides is 3. The fraction of sp³-hybridized carbons (Fsp3) is 0.316. The third-order valence-electron chi connectivity index (χ3n) is 4.90. The first-order valence-electron chi connectivity index (χ1n) is 9.43. The summed E-state index contributed by atoms with van der Waals surface area (Å²) < 4.78 is 95.3. The van der Waals surface area contributed by atoms with E-state index in [1.54, 1.807) is 0 Å². The second kappa shape index (κ2) is 8.36. The first kappa shape index (κ1) is 23.1. The lowest BCUT2D eigenvalue weighted by Gasteiger charge is -2.08. The zero-order valence-electron chi connectivity index (χ0n) is 16.4. The number of carbonyl (C=O) groups is 1. The van der Waals surface area contributed by atoms with Crippen molar-refractivity contribution in [2.45, 2.75) is 38.0 Å². The van der Waals surface area contributed by atoms with Crippen LogP contribution in [0.2, 0.25) is 5.02 Å². The molecule has 1 aromatic carbocycles. The van der Waals surface area contributed by atoms with Crippen LogP contribution >= 0.6 is 11.6 Å². The molecule has 2 heterocycles. The van der Waals surface area contributed by atoms with Gasteiger partial charge in [0.25, 0.3) is 0 Å². The second-order valence-corrected chi connectivity index (χ2v) is 7.78. The maximum atomic E-state index is 13.8. The molecule has 3 aromatic rings. The van der Waals surface area contributed by atoms with Crippen LogP contribution in [0.15, 0.2) is 18.5 Å². The summed E-state index contributed by atoms with van der Waals surface area (Å²) in [4.78, 5) is 12.4. The van der Waals surface area contributed by atoms with Gasteiger partial charge in [-0.2, -0.15) is 23.4 Å². The summed E-state index contributed by atoms with van der Waals surface area (Å²) in [5.74, 6) is -7.53. The van der Waals surface area contributed by atoms with Crippen LogP contribution in [0.3, 0.4) is 0 Å². The second-order valence-electron chi connectivity index (χ2n) is 7.40. The van der Waals surface area contributed by atoms with E-state index in [4.69, 9.17) is 11.6 Å². The largest absolute Gasteiger partial charge is 0.436 e. The number of carbonyl (C=O) groups excluding carboxylic acids is 1. The Hall–Kier alpha value is -3.09. The fourth-order valence-corrected chi connectivity index (χ4v) is 3.66. The molecule has 176 valence electrons. The van der Waals surface area contributed by atoms with Crippen molar-refractivity contribution in [3.8, 4) is 0 Å². The van der Waals surface area contributed by atoms with E-state index in [0.29, 0.717) is 12.8 Å². The highest BCUT2D eigenvalue weighted by Crippen LogP contribution is 2.46. The summed E-state index contributed by atoms with van der Waals surface area (Å²) in [5.41, 5.74) is -1.89. The van der Waals surface area contributed by atoms with Crippen molar-refractivity contribution in [2.75, 3.05) is 5.32 Å². The number of nitrogens with zero attached hydrogens (tertiary/aromatic N) is 4. The number of hydrogen-bond acceptors (Lipinski definition) is 3. The van der Waals surface area contributed by atoms with Crippen LogP contribution in [-0.2, 0) is 24.1 Å². The van der Waals surface area contributed by atoms with Crippen LogP contribution in [-0.4, -0.2) is 25.5 Å². The molecule has 1 amide bonds. The Morgan fingerprint density at radius 1 is 1.15 bits per heavy atom. The van der Waals surface area contributed by atoms with E-state index in [2.05, 4.69) is 15.5 Å². The van der Waals surface area contributed by atoms with Crippen LogP contribution in [0, 0.1) is 23.3 Å². The summed E-state index contributed by atoms with van der Waals surface area (Å²) in [6.07, 6.45) is -1.29. The minimum absolute atomic E-state index is 0.0469. The molecular weight excluding hydrogens is 483 g/mol. The maximum Gasteiger partial charge on any atom is 0.436 e. The molecule has 0 radical (unpaired) electrons. The van der Waals surface area contributed by atoms with Crippen LogP contribution in [0.4, 0.5) is 36.4 Å². The smallest absolute Gasteiger partial charge is 0.322 e. The van der Waals surface area contributed by atoms with E-state index < -0.39 is 64.7 Å². The fourth-order valence-electron chi connectivity index (χ4n) is 3.26. The van der Waals surface area contributed by atoms with Gasteiger partial charge in [0.05, 0.1) is 29.1 Å². The van der Waals surface area contributed by atoms with Gasteiger partial charge in [0, 0.05) is 23.7 Å². The predicted octanol–water partition coefficient (Wildman–Crippen LogP) is 4.87. The Labute approximate surface area is 185 Å². The van der Waals surface area contributed by atoms with Crippen LogP contribution in [0.1, 0.15) is 35.7 Å². The highest BCUT2D eigenvalue weighted by Gasteiger charge is 2.42. The first-order valence-corrected chi connectivity index (χ1v) is 9.81. The standard InChI is InChI=1S/C19H13ClF7N5O/c20-14-17(8-1-2-8)32(30-18(14)19(25,26)27)7-13(33)29-9-4-28-31(5-9)6-10-11(21)3-12(22)16(24)15(10)23/h3-5,8H,1-2,6-7H2,(H,29,33). The molecule has 1 aliphatic carbocycles. The summed E-state index contributed by atoms with van der Waals surface area (Å²) in [5, 5.41) is 9.05. The Balaban J connectivity index is 1.48. The lowest BCUT2D eigenvalue weighted by atomic mass is 10.2. The SMILES string of the molecule is O=C(Cn1nc(C(F)(F)F)c(Cl)c1C1CC1)Nc1cnn(Cc2c(F)cc(F)c(F)c2F)c1. The highest BCUT2D eigenvalue weighted by atomic mass is 35.5. The molecule has 1 saturated carbocycles. The third kappa shape index (κ3) is 4.68. The lowest BCUT2D eigenvalue weighted by Crippen LogP contribution is -2.21. The van der Waals surface area contributed by atoms with Crippen LogP contribution in [0.25, 0.3) is 0 Å². The number of hydrogen-bond donors (Lipinski definition) is 1. The zero-order valence-corrected chi connectivity index (χ0v) is 17.1. The lowest BCUT2D eigenvalue weighted by molar-refractivity contribution is -0.141. The minimum Gasteiger partial charge on any atom is -0.322 e. The van der Waals surface area contributed by atoms with Crippen molar-refractivity contribution >= 4 is 23.2 Å². The van der Waals surface area contributed by atoms with E-state index in [1.807, 2.05) is 0 Å². The van der Waals surface area contributed by atoms with Gasteiger partial charge in [-0.05, 0) is 12.8 Å². The van der Waals surface area contributed by atoms with Gasteiger partial charge in [-0.1, -0.05) is 11.6 Å². The first-order chi connectivity index (χ1) is 15.5. The van der Waals surface area contributed by atoms with Gasteiger partial charge in [-0.25, -0.2) is 17.6 Å². The molecule has 2 aromatic heterocycles. The molecule has 0 atom stereocenters. The van der Waals surface area contributed by atoms with Gasteiger partial charge in [0.2, 0.25) is 5.91 Å². The minimum atomic E-state index is -4.78. The summed E-state index contributed by atoms with van der Waals surface area (Å²) in [6, 6.07) is 0.196. The number of rotatable bonds is 6. The highest BCUT2D eigenvalue weighted by molar-refractivity contribution is 6.32. The summed E-state index contributed by atoms with van der Waals surface area (Å²) in [7, 11) is 0. The monoisotopic (exact) mass is 495 g/mol. The number of nitrogens with one attached hydrogen (secondary N) is 1. The molecule has 1 fully saturated rings. The van der Waals surface area contributed by atoms with E-state index in [9.17, 15) is 35.5 Å². The zero-order chi connectivity index (χ0) is 24.1. The average Bonchev–Trinajstić information content (AvgIpc) is 3.36. The number of halogens is 8. The number of amides is 1. The van der Waals surface area contributed by atoms with Crippen molar-refractivity contribution in [1.82, 2.24) is 19.6 Å². The molecule has 4 rings (SSSR count). The van der Waals surface area contributed by atoms with Crippen molar-refractivity contribution in [1.29, 1.82) is 0 Å². The molecule has 1 N–H and O–H groups in total. The number of benzene rings is 1. The van der Waals surface area contributed by atoms with Crippen molar-refractivity contribution in [2.24, 2.45) is 0 Å². The topological polar surface area (TPSA) is 64.7 Å². The van der Waals surface area contributed by atoms with Crippen molar-refractivity contribution < 1.29 is 35.5 Å². The van der Waals surface area contributed by atoms with Gasteiger partial charge >= 0.3 is 6.18 Å². The Morgan fingerprint density at radius 3 is 2.48 bits per heavy atom. The van der Waals surface area contributed by atoms with Crippen molar-refractivity contribution in [3.05, 3.63) is 63.7 Å². The van der Waals surface area contributed by atoms with Gasteiger partial charge in [0.15, 0.2) is 23.1 Å². The molecule has 33 heavy (non-hydrogen) atoms. The van der Waals surface area contributed by atoms with Crippen LogP contribution in [0.5, 0.6) is 0 Å². The van der Waals surface area contributed by atoms with Crippen LogP contribution < -0.4 is 5.32 Å². The normalized spacial score (nSPS) is 14.1. The summed E-state index contributed by atoms with van der Waals surface area (Å²) in [6.45, 7) is -1.18. The van der Waals surface area contributed by atoms with Gasteiger partial charge in [-0.15, -0.1) is 0 Å². The molecule has 0 unspecified atom stereocenters. The molecule has 6 nitrogen and oxygen atoms in total. The Kier molecular flexibility index (Phi) is 5.85. The molecule has 0 spiro atoms. The number of anilines is 1. The molecule has 0 bridgehead atoms. The van der Waals surface area contributed by atoms with Gasteiger partial charge in [-0.3, -0.25) is 14.2 Å². The van der Waals surface area contributed by atoms with Gasteiger partial charge in [0.1, 0.15) is 12.4 Å². The number of aromatic nitrogens is 4. The molecular formula is C19H13ClF7N5O. The maximum absolute atomic E-state index is 13.8. The Bertz CT molecular complexity index is 1230. The molecule has 14 heteroatoms.